The van der Waals surface area contributed by atoms with Crippen LogP contribution in [0.3, 0.4) is 0 Å². The SMILES string of the molecule is CC1CCN(C(=O)[C@H]2CCCCN2)CC1C. The standard InChI is InChI=1S/C13H24N2O/c1-10-6-8-15(9-11(10)2)13(16)12-5-3-4-7-14-12/h10-12,14H,3-9H2,1-2H3/t10?,11?,12-/m1/s1. The second kappa shape index (κ2) is 5.17. The van der Waals surface area contributed by atoms with Crippen molar-refractivity contribution < 1.29 is 4.79 Å². The zero-order valence-electron chi connectivity index (χ0n) is 10.5. The largest absolute Gasteiger partial charge is 0.341 e. The Labute approximate surface area is 98.6 Å². The zero-order valence-corrected chi connectivity index (χ0v) is 10.5. The van der Waals surface area contributed by atoms with Crippen LogP contribution in [-0.4, -0.2) is 36.5 Å². The maximum absolute atomic E-state index is 12.3. The van der Waals surface area contributed by atoms with E-state index in [1.54, 1.807) is 0 Å². The molecule has 0 aromatic heterocycles. The minimum Gasteiger partial charge on any atom is -0.341 e. The van der Waals surface area contributed by atoms with Crippen molar-refractivity contribution in [1.82, 2.24) is 10.2 Å². The average molecular weight is 224 g/mol. The summed E-state index contributed by atoms with van der Waals surface area (Å²) in [6, 6.07) is 0.106. The van der Waals surface area contributed by atoms with Crippen molar-refractivity contribution >= 4 is 5.91 Å². The first-order valence-electron chi connectivity index (χ1n) is 6.70. The van der Waals surface area contributed by atoms with Crippen LogP contribution >= 0.6 is 0 Å². The van der Waals surface area contributed by atoms with E-state index >= 15 is 0 Å². The predicted octanol–water partition coefficient (Wildman–Crippen LogP) is 1.63. The van der Waals surface area contributed by atoms with Crippen LogP contribution in [0.4, 0.5) is 0 Å². The summed E-state index contributed by atoms with van der Waals surface area (Å²) in [4.78, 5) is 14.3. The van der Waals surface area contributed by atoms with Gasteiger partial charge in [-0.2, -0.15) is 0 Å². The van der Waals surface area contributed by atoms with Gasteiger partial charge < -0.3 is 10.2 Å². The van der Waals surface area contributed by atoms with Gasteiger partial charge in [-0.1, -0.05) is 20.3 Å². The molecule has 2 aliphatic rings. The van der Waals surface area contributed by atoms with Gasteiger partial charge in [-0.15, -0.1) is 0 Å². The van der Waals surface area contributed by atoms with Gasteiger partial charge in [-0.3, -0.25) is 4.79 Å². The van der Waals surface area contributed by atoms with Crippen molar-refractivity contribution in [3.05, 3.63) is 0 Å². The van der Waals surface area contributed by atoms with E-state index in [1.165, 1.54) is 19.3 Å². The Balaban J connectivity index is 1.89. The third-order valence-corrected chi connectivity index (χ3v) is 4.25. The first-order chi connectivity index (χ1) is 7.68. The molecule has 2 heterocycles. The van der Waals surface area contributed by atoms with Gasteiger partial charge in [-0.25, -0.2) is 0 Å². The summed E-state index contributed by atoms with van der Waals surface area (Å²) in [7, 11) is 0. The second-order valence-electron chi connectivity index (χ2n) is 5.53. The van der Waals surface area contributed by atoms with Crippen LogP contribution in [0.2, 0.25) is 0 Å². The lowest BCUT2D eigenvalue weighted by molar-refractivity contribution is -0.136. The van der Waals surface area contributed by atoms with E-state index in [2.05, 4.69) is 24.1 Å². The molecule has 3 nitrogen and oxygen atoms in total. The van der Waals surface area contributed by atoms with Crippen molar-refractivity contribution in [3.8, 4) is 0 Å². The molecule has 16 heavy (non-hydrogen) atoms. The van der Waals surface area contributed by atoms with Crippen LogP contribution in [0.1, 0.15) is 39.5 Å². The topological polar surface area (TPSA) is 32.3 Å². The minimum absolute atomic E-state index is 0.106. The Kier molecular flexibility index (Phi) is 3.85. The highest BCUT2D eigenvalue weighted by Gasteiger charge is 2.30. The summed E-state index contributed by atoms with van der Waals surface area (Å²) in [5.74, 6) is 1.77. The zero-order chi connectivity index (χ0) is 11.5. The molecule has 3 heteroatoms. The molecule has 0 bridgehead atoms. The summed E-state index contributed by atoms with van der Waals surface area (Å²) in [5, 5.41) is 3.35. The van der Waals surface area contributed by atoms with Gasteiger partial charge in [0.15, 0.2) is 0 Å². The van der Waals surface area contributed by atoms with Gasteiger partial charge in [0, 0.05) is 13.1 Å². The number of hydrogen-bond acceptors (Lipinski definition) is 2. The molecule has 1 N–H and O–H groups in total. The molecule has 0 saturated carbocycles. The van der Waals surface area contributed by atoms with Crippen molar-refractivity contribution in [2.75, 3.05) is 19.6 Å². The maximum atomic E-state index is 12.3. The fourth-order valence-corrected chi connectivity index (χ4v) is 2.75. The third-order valence-electron chi connectivity index (χ3n) is 4.25. The predicted molar refractivity (Wildman–Crippen MR) is 65.2 cm³/mol. The number of nitrogens with one attached hydrogen (secondary N) is 1. The van der Waals surface area contributed by atoms with Crippen molar-refractivity contribution in [3.63, 3.8) is 0 Å². The Morgan fingerprint density at radius 1 is 1.19 bits per heavy atom. The van der Waals surface area contributed by atoms with Gasteiger partial charge in [0.2, 0.25) is 5.91 Å². The molecule has 2 rings (SSSR count). The van der Waals surface area contributed by atoms with E-state index in [0.29, 0.717) is 11.8 Å². The molecular formula is C13H24N2O. The van der Waals surface area contributed by atoms with Crippen LogP contribution < -0.4 is 5.32 Å². The normalized spacial score (nSPS) is 36.1. The fraction of sp³-hybridized carbons (Fsp3) is 0.923. The van der Waals surface area contributed by atoms with Crippen LogP contribution in [0.5, 0.6) is 0 Å². The quantitative estimate of drug-likeness (QED) is 0.734. The highest BCUT2D eigenvalue weighted by molar-refractivity contribution is 5.82. The smallest absolute Gasteiger partial charge is 0.239 e. The van der Waals surface area contributed by atoms with E-state index in [0.717, 1.165) is 32.0 Å². The van der Waals surface area contributed by atoms with Gasteiger partial charge in [0.25, 0.3) is 0 Å². The second-order valence-corrected chi connectivity index (χ2v) is 5.53. The lowest BCUT2D eigenvalue weighted by atomic mass is 9.88. The molecule has 2 fully saturated rings. The number of likely N-dealkylation sites (tertiary alicyclic amines) is 1. The van der Waals surface area contributed by atoms with Crippen LogP contribution in [0.15, 0.2) is 0 Å². The van der Waals surface area contributed by atoms with Crippen LogP contribution in [0, 0.1) is 11.8 Å². The van der Waals surface area contributed by atoms with Gasteiger partial charge in [0.1, 0.15) is 0 Å². The highest BCUT2D eigenvalue weighted by Crippen LogP contribution is 2.23. The molecule has 0 aliphatic carbocycles. The van der Waals surface area contributed by atoms with Gasteiger partial charge in [-0.05, 0) is 37.6 Å². The molecule has 2 unspecified atom stereocenters. The molecule has 92 valence electrons. The van der Waals surface area contributed by atoms with E-state index in [1.807, 2.05) is 0 Å². The number of nitrogens with zero attached hydrogens (tertiary/aromatic N) is 1. The van der Waals surface area contributed by atoms with Crippen LogP contribution in [0.25, 0.3) is 0 Å². The Hall–Kier alpha value is -0.570. The molecular weight excluding hydrogens is 200 g/mol. The minimum atomic E-state index is 0.106. The number of carbonyl (C=O) groups excluding carboxylic acids is 1. The lowest BCUT2D eigenvalue weighted by Crippen LogP contribution is -2.52. The molecule has 2 aliphatic heterocycles. The van der Waals surface area contributed by atoms with Crippen LogP contribution in [-0.2, 0) is 4.79 Å². The summed E-state index contributed by atoms with van der Waals surface area (Å²) >= 11 is 0. The number of rotatable bonds is 1. The highest BCUT2D eigenvalue weighted by atomic mass is 16.2. The number of piperidine rings is 2. The molecule has 0 aromatic carbocycles. The Morgan fingerprint density at radius 2 is 2.00 bits per heavy atom. The third kappa shape index (κ3) is 2.57. The summed E-state index contributed by atoms with van der Waals surface area (Å²) in [6.45, 7) is 7.49. The van der Waals surface area contributed by atoms with Crippen molar-refractivity contribution in [1.29, 1.82) is 0 Å². The molecule has 1 amide bonds. The van der Waals surface area contributed by atoms with Gasteiger partial charge >= 0.3 is 0 Å². The lowest BCUT2D eigenvalue weighted by Gasteiger charge is -2.38. The monoisotopic (exact) mass is 224 g/mol. The molecule has 2 saturated heterocycles. The summed E-state index contributed by atoms with van der Waals surface area (Å²) in [6.07, 6.45) is 4.61. The number of carbonyl (C=O) groups is 1. The first-order valence-corrected chi connectivity index (χ1v) is 6.70. The van der Waals surface area contributed by atoms with E-state index in [-0.39, 0.29) is 6.04 Å². The Bertz CT molecular complexity index is 248. The molecule has 3 atom stereocenters. The van der Waals surface area contributed by atoms with Crippen molar-refractivity contribution in [2.45, 2.75) is 45.6 Å². The molecule has 0 aromatic rings. The van der Waals surface area contributed by atoms with E-state index < -0.39 is 0 Å². The Morgan fingerprint density at radius 3 is 2.62 bits per heavy atom. The average Bonchev–Trinajstić information content (AvgIpc) is 2.33. The van der Waals surface area contributed by atoms with E-state index in [9.17, 15) is 4.79 Å². The fourth-order valence-electron chi connectivity index (χ4n) is 2.75. The number of amides is 1. The number of hydrogen-bond donors (Lipinski definition) is 1. The van der Waals surface area contributed by atoms with E-state index in [4.69, 9.17) is 0 Å². The first kappa shape index (κ1) is 11.9. The van der Waals surface area contributed by atoms with Gasteiger partial charge in [0.05, 0.1) is 6.04 Å². The molecule has 0 radical (unpaired) electrons. The summed E-state index contributed by atoms with van der Waals surface area (Å²) < 4.78 is 0. The summed E-state index contributed by atoms with van der Waals surface area (Å²) in [5.41, 5.74) is 0. The maximum Gasteiger partial charge on any atom is 0.239 e. The van der Waals surface area contributed by atoms with Crippen molar-refractivity contribution in [2.24, 2.45) is 11.8 Å². The molecule has 0 spiro atoms.